The minimum Gasteiger partial charge on any atom is -0.493 e. The molecule has 0 bridgehead atoms. The van der Waals surface area contributed by atoms with Crippen molar-refractivity contribution in [2.24, 2.45) is 0 Å². The first kappa shape index (κ1) is 20.4. The highest BCUT2D eigenvalue weighted by molar-refractivity contribution is 9.10. The van der Waals surface area contributed by atoms with E-state index in [-0.39, 0.29) is 0 Å². The lowest BCUT2D eigenvalue weighted by Crippen LogP contribution is -2.11. The van der Waals surface area contributed by atoms with E-state index in [4.69, 9.17) is 21.1 Å². The molecule has 1 N–H and O–H groups in total. The molecule has 28 heavy (non-hydrogen) atoms. The molecule has 0 saturated heterocycles. The van der Waals surface area contributed by atoms with E-state index in [1.165, 1.54) is 0 Å². The lowest BCUT2D eigenvalue weighted by molar-refractivity contribution is 0.281. The van der Waals surface area contributed by atoms with Gasteiger partial charge in [-0.3, -0.25) is 0 Å². The number of ether oxygens (including phenoxy) is 2. The fraction of sp³-hybridized carbons (Fsp3) is 0.316. The van der Waals surface area contributed by atoms with Gasteiger partial charge in [0, 0.05) is 33.7 Å². The summed E-state index contributed by atoms with van der Waals surface area (Å²) >= 11 is 9.86. The smallest absolute Gasteiger partial charge is 0.243 e. The van der Waals surface area contributed by atoms with Crippen molar-refractivity contribution >= 4 is 33.5 Å². The third-order valence-corrected chi connectivity index (χ3v) is 5.22. The van der Waals surface area contributed by atoms with Crippen LogP contribution in [0.15, 0.2) is 40.9 Å². The molecular weight excluding hydrogens is 446 g/mol. The fourth-order valence-corrected chi connectivity index (χ4v) is 3.34. The summed E-state index contributed by atoms with van der Waals surface area (Å²) in [7, 11) is 1.62. The average molecular weight is 467 g/mol. The Morgan fingerprint density at radius 3 is 2.79 bits per heavy atom. The van der Waals surface area contributed by atoms with Gasteiger partial charge in [-0.1, -0.05) is 57.8 Å². The number of anilines is 1. The second-order valence-corrected chi connectivity index (χ2v) is 7.28. The molecule has 0 aliphatic rings. The minimum absolute atomic E-state index is 0.326. The maximum Gasteiger partial charge on any atom is 0.243 e. The Balaban J connectivity index is 1.83. The van der Waals surface area contributed by atoms with Crippen molar-refractivity contribution in [1.82, 2.24) is 20.2 Å². The Hall–Kier alpha value is -2.32. The van der Waals surface area contributed by atoms with Crippen LogP contribution >= 0.6 is 27.5 Å². The number of benzene rings is 2. The third-order valence-electron chi connectivity index (χ3n) is 4.11. The van der Waals surface area contributed by atoms with Crippen LogP contribution in [0.1, 0.15) is 24.5 Å². The molecule has 3 aromatic rings. The largest absolute Gasteiger partial charge is 0.493 e. The Kier molecular flexibility index (Phi) is 7.11. The Morgan fingerprint density at radius 1 is 1.21 bits per heavy atom. The van der Waals surface area contributed by atoms with Gasteiger partial charge in [0.1, 0.15) is 6.61 Å². The first-order valence-electron chi connectivity index (χ1n) is 8.85. The molecule has 0 aliphatic heterocycles. The van der Waals surface area contributed by atoms with Crippen molar-refractivity contribution in [1.29, 1.82) is 0 Å². The summed E-state index contributed by atoms with van der Waals surface area (Å²) in [6.07, 6.45) is 0.939. The van der Waals surface area contributed by atoms with Gasteiger partial charge in [-0.2, -0.15) is 0 Å². The van der Waals surface area contributed by atoms with Crippen LogP contribution in [0, 0.1) is 0 Å². The van der Waals surface area contributed by atoms with E-state index in [2.05, 4.69) is 43.7 Å². The van der Waals surface area contributed by atoms with Crippen molar-refractivity contribution in [3.63, 3.8) is 0 Å². The predicted molar refractivity (Wildman–Crippen MR) is 112 cm³/mol. The van der Waals surface area contributed by atoms with Gasteiger partial charge < -0.3 is 14.8 Å². The van der Waals surface area contributed by atoms with Crippen LogP contribution in [0.3, 0.4) is 0 Å². The molecule has 3 rings (SSSR count). The van der Waals surface area contributed by atoms with Crippen molar-refractivity contribution in [2.75, 3.05) is 12.4 Å². The fourth-order valence-electron chi connectivity index (χ4n) is 2.69. The number of rotatable bonds is 9. The Labute approximate surface area is 177 Å². The van der Waals surface area contributed by atoms with Gasteiger partial charge in [0.25, 0.3) is 0 Å². The number of aromatic nitrogens is 4. The topological polar surface area (TPSA) is 74.1 Å². The molecular formula is C19H21BrClN5O2. The highest BCUT2D eigenvalue weighted by Crippen LogP contribution is 2.37. The monoisotopic (exact) mass is 465 g/mol. The van der Waals surface area contributed by atoms with Crippen molar-refractivity contribution in [3.8, 4) is 11.5 Å². The molecule has 0 saturated carbocycles. The zero-order chi connectivity index (χ0) is 19.9. The third kappa shape index (κ3) is 4.74. The van der Waals surface area contributed by atoms with Crippen LogP contribution in [0.4, 0.5) is 5.95 Å². The standard InChI is InChI=1S/C19H21BrClN5O2/c1-3-10-26-19(23-24-25-26)22-11-14-15(20)8-9-17(27-2)18(14)28-12-13-6-4-5-7-16(13)21/h4-9H,3,10-12H2,1-2H3,(H,22,23,25). The molecule has 0 unspecified atom stereocenters. The van der Waals surface area contributed by atoms with Gasteiger partial charge in [-0.15, -0.1) is 0 Å². The number of nitrogens with one attached hydrogen (secondary N) is 1. The first-order chi connectivity index (χ1) is 13.6. The molecule has 0 fully saturated rings. The highest BCUT2D eigenvalue weighted by atomic mass is 79.9. The maximum absolute atomic E-state index is 6.25. The van der Waals surface area contributed by atoms with E-state index in [0.717, 1.165) is 28.6 Å². The molecule has 0 radical (unpaired) electrons. The van der Waals surface area contributed by atoms with E-state index in [1.807, 2.05) is 36.4 Å². The summed E-state index contributed by atoms with van der Waals surface area (Å²) in [6.45, 7) is 3.60. The van der Waals surface area contributed by atoms with Gasteiger partial charge in [0.2, 0.25) is 5.95 Å². The SMILES string of the molecule is CCCn1nnnc1NCc1c(Br)ccc(OC)c1OCc1ccccc1Cl. The Morgan fingerprint density at radius 2 is 2.04 bits per heavy atom. The summed E-state index contributed by atoms with van der Waals surface area (Å²) in [5, 5.41) is 15.7. The first-order valence-corrected chi connectivity index (χ1v) is 10.0. The van der Waals surface area contributed by atoms with Crippen LogP contribution in [0.2, 0.25) is 5.02 Å². The number of hydrogen-bond donors (Lipinski definition) is 1. The van der Waals surface area contributed by atoms with E-state index in [1.54, 1.807) is 11.8 Å². The van der Waals surface area contributed by atoms with E-state index < -0.39 is 0 Å². The van der Waals surface area contributed by atoms with Crippen molar-refractivity contribution in [2.45, 2.75) is 33.0 Å². The molecule has 0 amide bonds. The predicted octanol–water partition coefficient (Wildman–Crippen LogP) is 4.70. The number of nitrogens with zero attached hydrogens (tertiary/aromatic N) is 4. The van der Waals surface area contributed by atoms with Gasteiger partial charge in [-0.05, 0) is 35.0 Å². The molecule has 1 heterocycles. The summed E-state index contributed by atoms with van der Waals surface area (Å²) in [5.41, 5.74) is 1.80. The number of halogens is 2. The molecule has 9 heteroatoms. The van der Waals surface area contributed by atoms with Crippen LogP contribution < -0.4 is 14.8 Å². The summed E-state index contributed by atoms with van der Waals surface area (Å²) in [4.78, 5) is 0. The van der Waals surface area contributed by atoms with Gasteiger partial charge in [0.05, 0.1) is 7.11 Å². The number of methoxy groups -OCH3 is 1. The van der Waals surface area contributed by atoms with Crippen LogP contribution in [0.5, 0.6) is 11.5 Å². The average Bonchev–Trinajstić information content (AvgIpc) is 3.14. The molecule has 0 aliphatic carbocycles. The second kappa shape index (κ2) is 9.75. The van der Waals surface area contributed by atoms with E-state index >= 15 is 0 Å². The number of aryl methyl sites for hydroxylation is 1. The quantitative estimate of drug-likeness (QED) is 0.493. The molecule has 1 aromatic heterocycles. The second-order valence-electron chi connectivity index (χ2n) is 6.02. The van der Waals surface area contributed by atoms with Crippen LogP contribution in [-0.4, -0.2) is 27.3 Å². The highest BCUT2D eigenvalue weighted by Gasteiger charge is 2.16. The van der Waals surface area contributed by atoms with Crippen molar-refractivity contribution < 1.29 is 9.47 Å². The maximum atomic E-state index is 6.25. The zero-order valence-corrected chi connectivity index (χ0v) is 18.0. The number of tetrazole rings is 1. The van der Waals surface area contributed by atoms with Gasteiger partial charge >= 0.3 is 0 Å². The van der Waals surface area contributed by atoms with Gasteiger partial charge in [-0.25, -0.2) is 4.68 Å². The van der Waals surface area contributed by atoms with E-state index in [0.29, 0.717) is 35.6 Å². The molecule has 2 aromatic carbocycles. The van der Waals surface area contributed by atoms with Gasteiger partial charge in [0.15, 0.2) is 11.5 Å². The molecule has 7 nitrogen and oxygen atoms in total. The molecule has 0 atom stereocenters. The Bertz CT molecular complexity index is 934. The molecule has 0 spiro atoms. The summed E-state index contributed by atoms with van der Waals surface area (Å²) in [6, 6.07) is 11.4. The summed E-state index contributed by atoms with van der Waals surface area (Å²) in [5.74, 6) is 1.88. The van der Waals surface area contributed by atoms with Crippen LogP contribution in [0.25, 0.3) is 0 Å². The normalized spacial score (nSPS) is 10.7. The zero-order valence-electron chi connectivity index (χ0n) is 15.7. The lowest BCUT2D eigenvalue weighted by atomic mass is 10.1. The van der Waals surface area contributed by atoms with Crippen LogP contribution in [-0.2, 0) is 19.7 Å². The summed E-state index contributed by atoms with van der Waals surface area (Å²) < 4.78 is 14.3. The number of hydrogen-bond acceptors (Lipinski definition) is 6. The van der Waals surface area contributed by atoms with Crippen molar-refractivity contribution in [3.05, 3.63) is 57.0 Å². The lowest BCUT2D eigenvalue weighted by Gasteiger charge is -2.17. The molecule has 148 valence electrons. The van der Waals surface area contributed by atoms with E-state index in [9.17, 15) is 0 Å². The minimum atomic E-state index is 0.326.